The fourth-order valence-corrected chi connectivity index (χ4v) is 4.78. The molecule has 1 aromatic heterocycles. The molecule has 0 atom stereocenters. The summed E-state index contributed by atoms with van der Waals surface area (Å²) in [7, 11) is 7.74. The number of carbonyl (C=O) groups is 2. The van der Waals surface area contributed by atoms with Gasteiger partial charge in [0.2, 0.25) is 0 Å². The molecule has 0 aliphatic rings. The summed E-state index contributed by atoms with van der Waals surface area (Å²) in [4.78, 5) is 24.8. The van der Waals surface area contributed by atoms with Crippen molar-refractivity contribution in [3.8, 4) is 5.75 Å². The number of carbonyl (C=O) groups excluding carboxylic acids is 2. The van der Waals surface area contributed by atoms with E-state index in [-0.39, 0.29) is 18.4 Å². The van der Waals surface area contributed by atoms with E-state index < -0.39 is 0 Å². The zero-order valence-electron chi connectivity index (χ0n) is 24.6. The van der Waals surface area contributed by atoms with E-state index in [9.17, 15) is 9.59 Å². The van der Waals surface area contributed by atoms with Crippen LogP contribution >= 0.6 is 0 Å². The van der Waals surface area contributed by atoms with Crippen LogP contribution in [0.2, 0.25) is 0 Å². The SMILES string of the molecule is COC(=O)c1cc2cc(OCc3ccccc3)ccc2n1CCCCCCOC(=O)Cc1ccc([N+](C)(C)C)cc1. The molecule has 0 aliphatic heterocycles. The normalized spacial score (nSPS) is 11.4. The van der Waals surface area contributed by atoms with Crippen molar-refractivity contribution in [1.29, 1.82) is 0 Å². The van der Waals surface area contributed by atoms with Crippen LogP contribution in [0, 0.1) is 0 Å². The number of quaternary nitrogens is 1. The lowest BCUT2D eigenvalue weighted by Crippen LogP contribution is -2.34. The highest BCUT2D eigenvalue weighted by Gasteiger charge is 2.17. The second-order valence-electron chi connectivity index (χ2n) is 11.2. The van der Waals surface area contributed by atoms with Gasteiger partial charge < -0.3 is 18.8 Å². The minimum absolute atomic E-state index is 0.198. The number of aryl methyl sites for hydroxylation is 1. The molecule has 41 heavy (non-hydrogen) atoms. The van der Waals surface area contributed by atoms with Gasteiger partial charge in [0.1, 0.15) is 23.7 Å². The summed E-state index contributed by atoms with van der Waals surface area (Å²) in [5.74, 6) is 0.203. The number of aromatic nitrogens is 1. The van der Waals surface area contributed by atoms with Gasteiger partial charge in [-0.3, -0.25) is 9.28 Å². The second-order valence-corrected chi connectivity index (χ2v) is 11.2. The molecule has 0 radical (unpaired) electrons. The van der Waals surface area contributed by atoms with E-state index in [0.717, 1.165) is 57.9 Å². The van der Waals surface area contributed by atoms with Crippen LogP contribution in [0.25, 0.3) is 10.9 Å². The number of benzene rings is 3. The number of hydrogen-bond acceptors (Lipinski definition) is 5. The average Bonchev–Trinajstić information content (AvgIpc) is 3.33. The number of fused-ring (bicyclic) bond motifs is 1. The monoisotopic (exact) mass is 557 g/mol. The first-order valence-corrected chi connectivity index (χ1v) is 14.2. The van der Waals surface area contributed by atoms with Gasteiger partial charge in [-0.2, -0.15) is 0 Å². The molecular weight excluding hydrogens is 516 g/mol. The third-order valence-electron chi connectivity index (χ3n) is 7.11. The molecule has 3 aromatic carbocycles. The Morgan fingerprint density at radius 3 is 2.24 bits per heavy atom. The number of esters is 2. The molecule has 7 nitrogen and oxygen atoms in total. The molecule has 0 unspecified atom stereocenters. The zero-order valence-corrected chi connectivity index (χ0v) is 24.6. The zero-order chi connectivity index (χ0) is 29.2. The largest absolute Gasteiger partial charge is 0.489 e. The highest BCUT2D eigenvalue weighted by Crippen LogP contribution is 2.27. The summed E-state index contributed by atoms with van der Waals surface area (Å²) in [6, 6.07) is 25.9. The smallest absolute Gasteiger partial charge is 0.354 e. The Morgan fingerprint density at radius 2 is 1.54 bits per heavy atom. The number of nitrogens with zero attached hydrogens (tertiary/aromatic N) is 2. The van der Waals surface area contributed by atoms with Gasteiger partial charge in [0.15, 0.2) is 0 Å². The molecule has 4 rings (SSSR count). The number of unbranched alkanes of at least 4 members (excludes halogenated alkanes) is 3. The molecule has 0 aliphatic carbocycles. The van der Waals surface area contributed by atoms with Gasteiger partial charge in [-0.25, -0.2) is 4.79 Å². The maximum absolute atomic E-state index is 12.5. The van der Waals surface area contributed by atoms with Crippen molar-refractivity contribution in [2.24, 2.45) is 0 Å². The van der Waals surface area contributed by atoms with Gasteiger partial charge in [-0.15, -0.1) is 0 Å². The van der Waals surface area contributed by atoms with Crippen LogP contribution < -0.4 is 9.22 Å². The molecule has 1 heterocycles. The van der Waals surface area contributed by atoms with Crippen molar-refractivity contribution >= 4 is 28.5 Å². The van der Waals surface area contributed by atoms with Crippen LogP contribution in [0.3, 0.4) is 0 Å². The molecule has 4 aromatic rings. The second kappa shape index (κ2) is 14.0. The molecule has 216 valence electrons. The maximum atomic E-state index is 12.5. The molecule has 0 bridgehead atoms. The number of rotatable bonds is 14. The van der Waals surface area contributed by atoms with Gasteiger partial charge in [-0.05, 0) is 66.8 Å². The third-order valence-corrected chi connectivity index (χ3v) is 7.11. The van der Waals surface area contributed by atoms with E-state index in [0.29, 0.717) is 25.5 Å². The van der Waals surface area contributed by atoms with E-state index >= 15 is 0 Å². The van der Waals surface area contributed by atoms with E-state index in [2.05, 4.69) is 33.3 Å². The average molecular weight is 558 g/mol. The van der Waals surface area contributed by atoms with Crippen molar-refractivity contribution in [3.05, 3.63) is 95.7 Å². The molecule has 0 amide bonds. The fraction of sp³-hybridized carbons (Fsp3) is 0.353. The van der Waals surface area contributed by atoms with Crippen molar-refractivity contribution in [2.45, 2.75) is 45.3 Å². The van der Waals surface area contributed by atoms with Crippen LogP contribution in [0.5, 0.6) is 5.75 Å². The lowest BCUT2D eigenvalue weighted by atomic mass is 10.1. The van der Waals surface area contributed by atoms with Crippen molar-refractivity contribution in [3.63, 3.8) is 0 Å². The molecule has 0 saturated heterocycles. The van der Waals surface area contributed by atoms with Crippen LogP contribution in [-0.2, 0) is 33.8 Å². The van der Waals surface area contributed by atoms with Crippen LogP contribution in [0.4, 0.5) is 5.69 Å². The highest BCUT2D eigenvalue weighted by atomic mass is 16.5. The Morgan fingerprint density at radius 1 is 0.805 bits per heavy atom. The van der Waals surface area contributed by atoms with Gasteiger partial charge in [-0.1, -0.05) is 48.9 Å². The molecule has 7 heteroatoms. The summed E-state index contributed by atoms with van der Waals surface area (Å²) in [5.41, 5.74) is 4.75. The summed E-state index contributed by atoms with van der Waals surface area (Å²) in [5, 5.41) is 0.940. The standard InChI is InChI=1S/C34H41N2O5/c1-36(2,3)29-16-14-26(15-17-29)22-33(37)40-21-11-6-5-10-20-35-31-19-18-30(41-25-27-12-8-7-9-13-27)23-28(31)24-32(35)34(38)39-4/h7-9,12-19,23-24H,5-6,10-11,20-22,25H2,1-4H3/q+1. The van der Waals surface area contributed by atoms with Gasteiger partial charge in [0.05, 0.1) is 41.3 Å². The predicted octanol–water partition coefficient (Wildman–Crippen LogP) is 6.55. The first-order chi connectivity index (χ1) is 19.7. The number of hydrogen-bond donors (Lipinski definition) is 0. The fourth-order valence-electron chi connectivity index (χ4n) is 4.78. The van der Waals surface area contributed by atoms with Crippen molar-refractivity contribution in [2.75, 3.05) is 34.9 Å². The predicted molar refractivity (Wildman–Crippen MR) is 163 cm³/mol. The Labute approximate surface area is 242 Å². The molecule has 0 saturated carbocycles. The Bertz CT molecular complexity index is 1440. The van der Waals surface area contributed by atoms with E-state index in [1.165, 1.54) is 12.8 Å². The highest BCUT2D eigenvalue weighted by molar-refractivity contribution is 5.96. The van der Waals surface area contributed by atoms with Gasteiger partial charge >= 0.3 is 11.9 Å². The van der Waals surface area contributed by atoms with Crippen LogP contribution in [0.1, 0.15) is 47.3 Å². The maximum Gasteiger partial charge on any atom is 0.354 e. The van der Waals surface area contributed by atoms with Crippen LogP contribution in [0.15, 0.2) is 78.9 Å². The topological polar surface area (TPSA) is 66.8 Å². The minimum atomic E-state index is -0.355. The van der Waals surface area contributed by atoms with Crippen LogP contribution in [-0.4, -0.2) is 51.4 Å². The molecule has 0 fully saturated rings. The third kappa shape index (κ3) is 8.44. The van der Waals surface area contributed by atoms with Crippen molar-refractivity contribution < 1.29 is 23.8 Å². The Balaban J connectivity index is 1.23. The summed E-state index contributed by atoms with van der Waals surface area (Å²) in [6.45, 7) is 1.60. The van der Waals surface area contributed by atoms with Gasteiger partial charge in [0, 0.05) is 17.4 Å². The summed E-state index contributed by atoms with van der Waals surface area (Å²) in [6.07, 6.45) is 3.89. The van der Waals surface area contributed by atoms with Gasteiger partial charge in [0.25, 0.3) is 0 Å². The lowest BCUT2D eigenvalue weighted by molar-refractivity contribution is -0.142. The van der Waals surface area contributed by atoms with E-state index in [1.807, 2.05) is 71.3 Å². The lowest BCUT2D eigenvalue weighted by Gasteiger charge is -2.23. The Hall–Kier alpha value is -4.10. The molecule has 0 spiro atoms. The number of methoxy groups -OCH3 is 1. The first-order valence-electron chi connectivity index (χ1n) is 14.2. The summed E-state index contributed by atoms with van der Waals surface area (Å²) < 4.78 is 19.2. The minimum Gasteiger partial charge on any atom is -0.489 e. The molecular formula is C34H41N2O5+. The quantitative estimate of drug-likeness (QED) is 0.0999. The van der Waals surface area contributed by atoms with E-state index in [4.69, 9.17) is 14.2 Å². The first kappa shape index (κ1) is 29.9. The Kier molecular flexibility index (Phi) is 10.2. The van der Waals surface area contributed by atoms with E-state index in [1.54, 1.807) is 0 Å². The number of ether oxygens (including phenoxy) is 3. The summed E-state index contributed by atoms with van der Waals surface area (Å²) >= 11 is 0. The molecule has 0 N–H and O–H groups in total. The van der Waals surface area contributed by atoms with Crippen molar-refractivity contribution in [1.82, 2.24) is 9.05 Å².